The highest BCUT2D eigenvalue weighted by Crippen LogP contribution is 2.25. The fourth-order valence-corrected chi connectivity index (χ4v) is 2.82. The molecule has 2 aromatic rings. The molecule has 148 valence electrons. The van der Waals surface area contributed by atoms with E-state index in [2.05, 4.69) is 5.32 Å². The van der Waals surface area contributed by atoms with E-state index in [1.54, 1.807) is 23.1 Å². The van der Waals surface area contributed by atoms with Crippen molar-refractivity contribution >= 4 is 28.9 Å². The second-order valence-corrected chi connectivity index (χ2v) is 6.37. The summed E-state index contributed by atoms with van der Waals surface area (Å²) in [6.07, 6.45) is 0. The molecule has 0 aliphatic rings. The lowest BCUT2D eigenvalue weighted by atomic mass is 10.1. The van der Waals surface area contributed by atoms with Gasteiger partial charge in [-0.3, -0.25) is 19.7 Å². The van der Waals surface area contributed by atoms with E-state index in [1.165, 1.54) is 24.3 Å². The van der Waals surface area contributed by atoms with Crippen molar-refractivity contribution in [1.82, 2.24) is 4.90 Å². The topological polar surface area (TPSA) is 95.8 Å². The Balaban J connectivity index is 2.35. The molecule has 0 unspecified atom stereocenters. The van der Waals surface area contributed by atoms with Gasteiger partial charge in [0.25, 0.3) is 17.5 Å². The number of benzene rings is 2. The third kappa shape index (κ3) is 4.64. The standard InChI is InChI=1S/C20H24N4O4/c1-5-23(6-2)20(26)17-13-15(10-11-18(17)22(3)4)21-19(25)14-8-7-9-16(12-14)24(27)28/h7-13H,5-6H2,1-4H3,(H,21,25). The molecule has 28 heavy (non-hydrogen) atoms. The van der Waals surface area contributed by atoms with Crippen LogP contribution in [-0.4, -0.2) is 48.8 Å². The van der Waals surface area contributed by atoms with Gasteiger partial charge in [-0.05, 0) is 38.1 Å². The number of nitro groups is 1. The Hall–Kier alpha value is -3.42. The van der Waals surface area contributed by atoms with Crippen LogP contribution in [0.5, 0.6) is 0 Å². The highest BCUT2D eigenvalue weighted by molar-refractivity contribution is 6.06. The molecule has 0 saturated carbocycles. The van der Waals surface area contributed by atoms with Crippen molar-refractivity contribution in [2.75, 3.05) is 37.4 Å². The van der Waals surface area contributed by atoms with E-state index < -0.39 is 10.8 Å². The third-order valence-corrected chi connectivity index (χ3v) is 4.34. The van der Waals surface area contributed by atoms with Crippen LogP contribution in [0.25, 0.3) is 0 Å². The molecule has 8 heteroatoms. The van der Waals surface area contributed by atoms with Gasteiger partial charge >= 0.3 is 0 Å². The first-order chi connectivity index (χ1) is 13.3. The molecule has 0 aliphatic heterocycles. The van der Waals surface area contributed by atoms with E-state index in [-0.39, 0.29) is 17.2 Å². The van der Waals surface area contributed by atoms with E-state index in [9.17, 15) is 19.7 Å². The van der Waals surface area contributed by atoms with E-state index in [0.717, 1.165) is 5.69 Å². The fraction of sp³-hybridized carbons (Fsp3) is 0.300. The summed E-state index contributed by atoms with van der Waals surface area (Å²) in [5.41, 5.74) is 1.67. The number of carbonyl (C=O) groups excluding carboxylic acids is 2. The molecule has 0 atom stereocenters. The van der Waals surface area contributed by atoms with Gasteiger partial charge in [0, 0.05) is 56.3 Å². The van der Waals surface area contributed by atoms with Gasteiger partial charge in [-0.1, -0.05) is 6.07 Å². The minimum atomic E-state index is -0.552. The Morgan fingerprint density at radius 1 is 1.07 bits per heavy atom. The van der Waals surface area contributed by atoms with Crippen molar-refractivity contribution in [3.05, 3.63) is 63.7 Å². The lowest BCUT2D eigenvalue weighted by molar-refractivity contribution is -0.384. The number of anilines is 2. The molecule has 0 fully saturated rings. The van der Waals surface area contributed by atoms with Crippen LogP contribution in [0, 0.1) is 10.1 Å². The number of nitrogens with one attached hydrogen (secondary N) is 1. The Labute approximate surface area is 163 Å². The number of non-ortho nitro benzene ring substituents is 1. The smallest absolute Gasteiger partial charge is 0.270 e. The summed E-state index contributed by atoms with van der Waals surface area (Å²) in [5.74, 6) is -0.609. The van der Waals surface area contributed by atoms with E-state index in [0.29, 0.717) is 24.3 Å². The summed E-state index contributed by atoms with van der Waals surface area (Å²) in [4.78, 5) is 39.3. The van der Waals surface area contributed by atoms with Crippen LogP contribution in [0.2, 0.25) is 0 Å². The van der Waals surface area contributed by atoms with Crippen molar-refractivity contribution in [2.45, 2.75) is 13.8 Å². The van der Waals surface area contributed by atoms with Gasteiger partial charge in [0.1, 0.15) is 0 Å². The van der Waals surface area contributed by atoms with Gasteiger partial charge in [0.15, 0.2) is 0 Å². The van der Waals surface area contributed by atoms with E-state index in [1.807, 2.05) is 32.8 Å². The maximum Gasteiger partial charge on any atom is 0.270 e. The molecule has 0 radical (unpaired) electrons. The van der Waals surface area contributed by atoms with Crippen molar-refractivity contribution in [3.63, 3.8) is 0 Å². The van der Waals surface area contributed by atoms with Gasteiger partial charge in [-0.2, -0.15) is 0 Å². The number of hydrogen-bond donors (Lipinski definition) is 1. The van der Waals surface area contributed by atoms with E-state index >= 15 is 0 Å². The average molecular weight is 384 g/mol. The molecule has 2 amide bonds. The van der Waals surface area contributed by atoms with Gasteiger partial charge in [0.2, 0.25) is 0 Å². The highest BCUT2D eigenvalue weighted by Gasteiger charge is 2.19. The predicted octanol–water partition coefficient (Wildman–Crippen LogP) is 3.40. The Morgan fingerprint density at radius 2 is 1.75 bits per heavy atom. The quantitative estimate of drug-likeness (QED) is 0.583. The van der Waals surface area contributed by atoms with Crippen molar-refractivity contribution in [2.24, 2.45) is 0 Å². The van der Waals surface area contributed by atoms with Crippen LogP contribution in [0.3, 0.4) is 0 Å². The second kappa shape index (κ2) is 8.98. The maximum atomic E-state index is 12.9. The zero-order chi connectivity index (χ0) is 20.8. The maximum absolute atomic E-state index is 12.9. The summed E-state index contributed by atoms with van der Waals surface area (Å²) in [7, 11) is 3.69. The third-order valence-electron chi connectivity index (χ3n) is 4.34. The SMILES string of the molecule is CCN(CC)C(=O)c1cc(NC(=O)c2cccc([N+](=O)[O-])c2)ccc1N(C)C. The van der Waals surface area contributed by atoms with Crippen LogP contribution in [0.1, 0.15) is 34.6 Å². The molecule has 0 saturated heterocycles. The minimum Gasteiger partial charge on any atom is -0.377 e. The molecule has 0 spiro atoms. The summed E-state index contributed by atoms with van der Waals surface area (Å²) in [5, 5.41) is 13.6. The molecule has 8 nitrogen and oxygen atoms in total. The second-order valence-electron chi connectivity index (χ2n) is 6.37. The molecule has 0 heterocycles. The molecule has 0 aromatic heterocycles. The Morgan fingerprint density at radius 3 is 2.32 bits per heavy atom. The lowest BCUT2D eigenvalue weighted by Gasteiger charge is -2.23. The number of nitrogens with zero attached hydrogens (tertiary/aromatic N) is 3. The first kappa shape index (κ1) is 20.9. The summed E-state index contributed by atoms with van der Waals surface area (Å²) in [6.45, 7) is 4.97. The van der Waals surface area contributed by atoms with Gasteiger partial charge < -0.3 is 15.1 Å². The van der Waals surface area contributed by atoms with Crippen LogP contribution >= 0.6 is 0 Å². The van der Waals surface area contributed by atoms with Crippen molar-refractivity contribution in [3.8, 4) is 0 Å². The first-order valence-corrected chi connectivity index (χ1v) is 8.94. The number of carbonyl (C=O) groups is 2. The number of rotatable bonds is 7. The Bertz CT molecular complexity index is 892. The molecular formula is C20H24N4O4. The average Bonchev–Trinajstić information content (AvgIpc) is 2.68. The molecule has 1 N–H and O–H groups in total. The molecule has 0 aliphatic carbocycles. The van der Waals surface area contributed by atoms with Crippen molar-refractivity contribution < 1.29 is 14.5 Å². The summed E-state index contributed by atoms with van der Waals surface area (Å²) >= 11 is 0. The van der Waals surface area contributed by atoms with Gasteiger partial charge in [-0.15, -0.1) is 0 Å². The number of hydrogen-bond acceptors (Lipinski definition) is 5. The normalized spacial score (nSPS) is 10.3. The van der Waals surface area contributed by atoms with Crippen molar-refractivity contribution in [1.29, 1.82) is 0 Å². The fourth-order valence-electron chi connectivity index (χ4n) is 2.82. The van der Waals surface area contributed by atoms with E-state index in [4.69, 9.17) is 0 Å². The molecule has 0 bridgehead atoms. The zero-order valence-electron chi connectivity index (χ0n) is 16.4. The molecular weight excluding hydrogens is 360 g/mol. The van der Waals surface area contributed by atoms with Crippen LogP contribution < -0.4 is 10.2 Å². The predicted molar refractivity (Wildman–Crippen MR) is 109 cm³/mol. The number of nitro benzene ring substituents is 1. The molecule has 2 rings (SSSR count). The summed E-state index contributed by atoms with van der Waals surface area (Å²) < 4.78 is 0. The highest BCUT2D eigenvalue weighted by atomic mass is 16.6. The molecule has 2 aromatic carbocycles. The lowest BCUT2D eigenvalue weighted by Crippen LogP contribution is -2.31. The first-order valence-electron chi connectivity index (χ1n) is 8.94. The van der Waals surface area contributed by atoms with Gasteiger partial charge in [-0.25, -0.2) is 0 Å². The largest absolute Gasteiger partial charge is 0.377 e. The Kier molecular flexibility index (Phi) is 6.70. The van der Waals surface area contributed by atoms with Crippen LogP contribution in [0.4, 0.5) is 17.1 Å². The number of amides is 2. The minimum absolute atomic E-state index is 0.125. The summed E-state index contributed by atoms with van der Waals surface area (Å²) in [6, 6.07) is 10.6. The van der Waals surface area contributed by atoms with Crippen LogP contribution in [0.15, 0.2) is 42.5 Å². The zero-order valence-corrected chi connectivity index (χ0v) is 16.4. The van der Waals surface area contributed by atoms with Gasteiger partial charge in [0.05, 0.1) is 10.5 Å². The van der Waals surface area contributed by atoms with Crippen LogP contribution in [-0.2, 0) is 0 Å². The monoisotopic (exact) mass is 384 g/mol.